The van der Waals surface area contributed by atoms with Crippen LogP contribution >= 0.6 is 0 Å². The number of carbonyl (C=O) groups is 1. The number of esters is 1. The van der Waals surface area contributed by atoms with Crippen molar-refractivity contribution in [1.82, 2.24) is 0 Å². The molecule has 0 aromatic heterocycles. The smallest absolute Gasteiger partial charge is 0.310 e. The van der Waals surface area contributed by atoms with Gasteiger partial charge < -0.3 is 4.74 Å². The van der Waals surface area contributed by atoms with Gasteiger partial charge in [-0.2, -0.15) is 0 Å². The van der Waals surface area contributed by atoms with E-state index in [0.29, 0.717) is 5.56 Å². The van der Waals surface area contributed by atoms with Crippen LogP contribution in [0.4, 0.5) is 8.78 Å². The minimum Gasteiger partial charge on any atom is -0.466 e. The third-order valence-corrected chi connectivity index (χ3v) is 1.92. The van der Waals surface area contributed by atoms with Crippen LogP contribution in [0.5, 0.6) is 0 Å². The van der Waals surface area contributed by atoms with Gasteiger partial charge in [-0.1, -0.05) is 6.07 Å². The van der Waals surface area contributed by atoms with Crippen molar-refractivity contribution in [3.05, 3.63) is 34.9 Å². The number of ether oxygens (including phenoxy) is 1. The molecule has 0 saturated heterocycles. The van der Waals surface area contributed by atoms with Crippen molar-refractivity contribution in [2.24, 2.45) is 0 Å². The normalized spacial score (nSPS) is 10.1. The second-order valence-electron chi connectivity index (χ2n) is 3.19. The summed E-state index contributed by atoms with van der Waals surface area (Å²) in [6.45, 7) is 3.42. The predicted octanol–water partition coefficient (Wildman–Crippen LogP) is 2.38. The van der Waals surface area contributed by atoms with E-state index in [0.717, 1.165) is 6.07 Å². The highest BCUT2D eigenvalue weighted by atomic mass is 19.2. The fraction of sp³-hybridized carbons (Fsp3) is 0.364. The lowest BCUT2D eigenvalue weighted by atomic mass is 10.1. The SMILES string of the molecule is CCOC(=O)Cc1cc(C)c(F)c(F)c1. The summed E-state index contributed by atoms with van der Waals surface area (Å²) >= 11 is 0. The van der Waals surface area contributed by atoms with Crippen molar-refractivity contribution in [3.8, 4) is 0 Å². The zero-order chi connectivity index (χ0) is 11.4. The van der Waals surface area contributed by atoms with Crippen LogP contribution in [-0.4, -0.2) is 12.6 Å². The third-order valence-electron chi connectivity index (χ3n) is 1.92. The van der Waals surface area contributed by atoms with Crippen LogP contribution in [0.2, 0.25) is 0 Å². The molecule has 0 aliphatic carbocycles. The van der Waals surface area contributed by atoms with E-state index in [9.17, 15) is 13.6 Å². The van der Waals surface area contributed by atoms with Crippen molar-refractivity contribution in [2.75, 3.05) is 6.61 Å². The molecule has 0 spiro atoms. The maximum atomic E-state index is 12.9. The molecule has 2 nitrogen and oxygen atoms in total. The summed E-state index contributed by atoms with van der Waals surface area (Å²) < 4.78 is 30.6. The van der Waals surface area contributed by atoms with Gasteiger partial charge >= 0.3 is 5.97 Å². The van der Waals surface area contributed by atoms with Crippen molar-refractivity contribution < 1.29 is 18.3 Å². The van der Waals surface area contributed by atoms with E-state index in [-0.39, 0.29) is 18.6 Å². The van der Waals surface area contributed by atoms with E-state index in [4.69, 9.17) is 4.74 Å². The first-order chi connectivity index (χ1) is 7.04. The second-order valence-corrected chi connectivity index (χ2v) is 3.19. The lowest BCUT2D eigenvalue weighted by Gasteiger charge is -2.04. The summed E-state index contributed by atoms with van der Waals surface area (Å²) in [7, 11) is 0. The third kappa shape index (κ3) is 3.01. The van der Waals surface area contributed by atoms with Crippen LogP contribution in [0.25, 0.3) is 0 Å². The monoisotopic (exact) mass is 214 g/mol. The average Bonchev–Trinajstić information content (AvgIpc) is 2.14. The Bertz CT molecular complexity index is 352. The van der Waals surface area contributed by atoms with Gasteiger partial charge in [0.05, 0.1) is 13.0 Å². The first kappa shape index (κ1) is 11.6. The molecule has 0 atom stereocenters. The molecular formula is C11H12F2O2. The standard InChI is InChI=1S/C11H12F2O2/c1-3-15-10(14)6-8-4-7(2)11(13)9(12)5-8/h4-5H,3,6H2,1-2H3. The van der Waals surface area contributed by atoms with E-state index < -0.39 is 17.6 Å². The number of benzene rings is 1. The number of aryl methyl sites for hydroxylation is 1. The Labute approximate surface area is 86.9 Å². The summed E-state index contributed by atoms with van der Waals surface area (Å²) in [4.78, 5) is 11.1. The van der Waals surface area contributed by atoms with Gasteiger partial charge in [-0.3, -0.25) is 4.79 Å². The van der Waals surface area contributed by atoms with E-state index in [2.05, 4.69) is 0 Å². The largest absolute Gasteiger partial charge is 0.466 e. The molecule has 1 rings (SSSR count). The molecule has 0 fully saturated rings. The number of halogens is 2. The highest BCUT2D eigenvalue weighted by Crippen LogP contribution is 2.14. The minimum atomic E-state index is -0.936. The topological polar surface area (TPSA) is 26.3 Å². The molecule has 0 radical (unpaired) electrons. The fourth-order valence-electron chi connectivity index (χ4n) is 1.28. The average molecular weight is 214 g/mol. The molecule has 0 N–H and O–H groups in total. The van der Waals surface area contributed by atoms with Gasteiger partial charge in [-0.25, -0.2) is 8.78 Å². The summed E-state index contributed by atoms with van der Waals surface area (Å²) in [6, 6.07) is 2.45. The van der Waals surface area contributed by atoms with Crippen molar-refractivity contribution in [1.29, 1.82) is 0 Å². The zero-order valence-corrected chi connectivity index (χ0v) is 8.64. The molecule has 0 amide bonds. The fourth-order valence-corrected chi connectivity index (χ4v) is 1.28. The minimum absolute atomic E-state index is 0.0358. The Morgan fingerprint density at radius 3 is 2.60 bits per heavy atom. The molecule has 15 heavy (non-hydrogen) atoms. The molecule has 1 aromatic carbocycles. The van der Waals surface area contributed by atoms with Crippen LogP contribution in [-0.2, 0) is 16.0 Å². The van der Waals surface area contributed by atoms with E-state index in [1.54, 1.807) is 6.92 Å². The predicted molar refractivity (Wildman–Crippen MR) is 51.4 cm³/mol. The van der Waals surface area contributed by atoms with Crippen LogP contribution in [0.15, 0.2) is 12.1 Å². The second kappa shape index (κ2) is 4.87. The van der Waals surface area contributed by atoms with Crippen LogP contribution < -0.4 is 0 Å². The molecule has 0 saturated carbocycles. The van der Waals surface area contributed by atoms with E-state index in [1.807, 2.05) is 0 Å². The molecule has 0 unspecified atom stereocenters. The van der Waals surface area contributed by atoms with Gasteiger partial charge in [-0.05, 0) is 31.0 Å². The Morgan fingerprint density at radius 1 is 1.40 bits per heavy atom. The van der Waals surface area contributed by atoms with Gasteiger partial charge in [-0.15, -0.1) is 0 Å². The van der Waals surface area contributed by atoms with Gasteiger partial charge in [0, 0.05) is 0 Å². The van der Waals surface area contributed by atoms with Crippen molar-refractivity contribution >= 4 is 5.97 Å². The highest BCUT2D eigenvalue weighted by molar-refractivity contribution is 5.72. The molecule has 82 valence electrons. The Hall–Kier alpha value is -1.45. The lowest BCUT2D eigenvalue weighted by Crippen LogP contribution is -2.08. The first-order valence-corrected chi connectivity index (χ1v) is 4.64. The van der Waals surface area contributed by atoms with E-state index in [1.165, 1.54) is 13.0 Å². The molecule has 0 aliphatic heterocycles. The molecule has 0 aliphatic rings. The quantitative estimate of drug-likeness (QED) is 0.722. The number of rotatable bonds is 3. The number of hydrogen-bond acceptors (Lipinski definition) is 2. The Kier molecular flexibility index (Phi) is 3.77. The van der Waals surface area contributed by atoms with Crippen LogP contribution in [0.1, 0.15) is 18.1 Å². The highest BCUT2D eigenvalue weighted by Gasteiger charge is 2.10. The summed E-state index contributed by atoms with van der Waals surface area (Å²) in [5.74, 6) is -2.25. The van der Waals surface area contributed by atoms with Gasteiger partial charge in [0.15, 0.2) is 11.6 Å². The Balaban J connectivity index is 2.83. The summed E-state index contributed by atoms with van der Waals surface area (Å²) in [5, 5.41) is 0. The van der Waals surface area contributed by atoms with Crippen LogP contribution in [0, 0.1) is 18.6 Å². The van der Waals surface area contributed by atoms with Crippen molar-refractivity contribution in [3.63, 3.8) is 0 Å². The van der Waals surface area contributed by atoms with E-state index >= 15 is 0 Å². The maximum absolute atomic E-state index is 12.9. The van der Waals surface area contributed by atoms with Crippen molar-refractivity contribution in [2.45, 2.75) is 20.3 Å². The maximum Gasteiger partial charge on any atom is 0.310 e. The van der Waals surface area contributed by atoms with Gasteiger partial charge in [0.1, 0.15) is 0 Å². The first-order valence-electron chi connectivity index (χ1n) is 4.64. The Morgan fingerprint density at radius 2 is 2.07 bits per heavy atom. The molecule has 0 bridgehead atoms. The molecule has 1 aromatic rings. The number of hydrogen-bond donors (Lipinski definition) is 0. The van der Waals surface area contributed by atoms with Gasteiger partial charge in [0.2, 0.25) is 0 Å². The summed E-state index contributed by atoms with van der Waals surface area (Å²) in [5.41, 5.74) is 0.610. The summed E-state index contributed by atoms with van der Waals surface area (Å²) in [6.07, 6.45) is -0.0358. The number of carbonyl (C=O) groups excluding carboxylic acids is 1. The molecular weight excluding hydrogens is 202 g/mol. The zero-order valence-electron chi connectivity index (χ0n) is 8.64. The molecule has 4 heteroatoms. The van der Waals surface area contributed by atoms with Crippen LogP contribution in [0.3, 0.4) is 0 Å². The lowest BCUT2D eigenvalue weighted by molar-refractivity contribution is -0.142. The van der Waals surface area contributed by atoms with Gasteiger partial charge in [0.25, 0.3) is 0 Å². The molecule has 0 heterocycles.